The third-order valence-corrected chi connectivity index (χ3v) is 6.13. The van der Waals surface area contributed by atoms with E-state index in [1.165, 1.54) is 32.1 Å². The molecular formula is C17H28S. The van der Waals surface area contributed by atoms with Crippen LogP contribution in [-0.4, -0.2) is 0 Å². The second kappa shape index (κ2) is 5.36. The first-order valence-electron chi connectivity index (χ1n) is 7.59. The van der Waals surface area contributed by atoms with E-state index >= 15 is 0 Å². The second-order valence-electron chi connectivity index (χ2n) is 6.87. The van der Waals surface area contributed by atoms with Crippen molar-refractivity contribution < 1.29 is 0 Å². The largest absolute Gasteiger partial charge is 0.144 e. The lowest BCUT2D eigenvalue weighted by atomic mass is 9.88. The number of hydrogen-bond donors (Lipinski definition) is 0. The van der Waals surface area contributed by atoms with Crippen molar-refractivity contribution in [2.24, 2.45) is 0 Å². The van der Waals surface area contributed by atoms with Crippen LogP contribution in [0, 0.1) is 0 Å². The summed E-state index contributed by atoms with van der Waals surface area (Å²) in [4.78, 5) is 3.28. The van der Waals surface area contributed by atoms with Crippen molar-refractivity contribution in [3.8, 4) is 0 Å². The molecule has 1 unspecified atom stereocenters. The normalized spacial score (nSPS) is 21.6. The first-order chi connectivity index (χ1) is 8.45. The minimum absolute atomic E-state index is 0.421. The van der Waals surface area contributed by atoms with Gasteiger partial charge in [0.2, 0.25) is 0 Å². The number of hydrogen-bond acceptors (Lipinski definition) is 1. The highest BCUT2D eigenvalue weighted by atomic mass is 32.1. The van der Waals surface area contributed by atoms with Crippen LogP contribution in [-0.2, 0) is 5.41 Å². The maximum atomic E-state index is 2.52. The molecule has 0 spiro atoms. The second-order valence-corrected chi connectivity index (χ2v) is 7.95. The zero-order chi connectivity index (χ0) is 13.3. The Kier molecular flexibility index (Phi) is 4.21. The summed E-state index contributed by atoms with van der Waals surface area (Å²) >= 11 is 2.08. The highest BCUT2D eigenvalue weighted by Crippen LogP contribution is 2.52. The van der Waals surface area contributed by atoms with Crippen molar-refractivity contribution in [3.05, 3.63) is 21.4 Å². The zero-order valence-corrected chi connectivity index (χ0v) is 13.5. The summed E-state index contributed by atoms with van der Waals surface area (Å²) in [5.74, 6) is 1.53. The van der Waals surface area contributed by atoms with Gasteiger partial charge in [-0.3, -0.25) is 0 Å². The molecule has 0 aliphatic heterocycles. The summed E-state index contributed by atoms with van der Waals surface area (Å²) in [5, 5.41) is 0. The summed E-state index contributed by atoms with van der Waals surface area (Å²) < 4.78 is 0. The average Bonchev–Trinajstić information content (AvgIpc) is 2.80. The molecule has 2 rings (SSSR count). The number of rotatable bonds is 5. The van der Waals surface area contributed by atoms with E-state index < -0.39 is 0 Å². The minimum atomic E-state index is 0.421. The molecule has 1 aromatic heterocycles. The van der Waals surface area contributed by atoms with Crippen molar-refractivity contribution in [1.82, 2.24) is 0 Å². The highest BCUT2D eigenvalue weighted by molar-refractivity contribution is 7.12. The lowest BCUT2D eigenvalue weighted by Gasteiger charge is -2.19. The van der Waals surface area contributed by atoms with Crippen LogP contribution in [0.3, 0.4) is 0 Å². The van der Waals surface area contributed by atoms with Crippen molar-refractivity contribution in [3.63, 3.8) is 0 Å². The van der Waals surface area contributed by atoms with E-state index in [2.05, 4.69) is 52.0 Å². The predicted molar refractivity (Wildman–Crippen MR) is 82.9 cm³/mol. The maximum absolute atomic E-state index is 2.52. The lowest BCUT2D eigenvalue weighted by Crippen LogP contribution is -2.11. The highest BCUT2D eigenvalue weighted by Gasteiger charge is 2.38. The van der Waals surface area contributed by atoms with Gasteiger partial charge in [0, 0.05) is 9.75 Å². The fraction of sp³-hybridized carbons (Fsp3) is 0.765. The maximum Gasteiger partial charge on any atom is 0.0140 e. The van der Waals surface area contributed by atoms with E-state index in [0.29, 0.717) is 11.3 Å². The third kappa shape index (κ3) is 2.66. The van der Waals surface area contributed by atoms with Gasteiger partial charge in [-0.1, -0.05) is 53.9 Å². The Morgan fingerprint density at radius 3 is 2.67 bits per heavy atom. The topological polar surface area (TPSA) is 0 Å². The molecule has 1 aliphatic rings. The van der Waals surface area contributed by atoms with Crippen LogP contribution in [0.1, 0.15) is 93.9 Å². The van der Waals surface area contributed by atoms with Crippen molar-refractivity contribution in [1.29, 1.82) is 0 Å². The summed E-state index contributed by atoms with van der Waals surface area (Å²) in [6.07, 6.45) is 6.91. The fourth-order valence-corrected chi connectivity index (χ4v) is 4.62. The van der Waals surface area contributed by atoms with Crippen LogP contribution in [0.4, 0.5) is 0 Å². The molecule has 0 saturated carbocycles. The molecule has 0 bridgehead atoms. The van der Waals surface area contributed by atoms with Gasteiger partial charge in [0.25, 0.3) is 0 Å². The molecule has 0 saturated heterocycles. The Morgan fingerprint density at radius 1 is 1.33 bits per heavy atom. The minimum Gasteiger partial charge on any atom is -0.144 e. The monoisotopic (exact) mass is 264 g/mol. The van der Waals surface area contributed by atoms with Crippen LogP contribution in [0.5, 0.6) is 0 Å². The van der Waals surface area contributed by atoms with E-state index in [1.807, 2.05) is 0 Å². The molecule has 1 aliphatic carbocycles. The van der Waals surface area contributed by atoms with E-state index in [0.717, 1.165) is 5.92 Å². The smallest absolute Gasteiger partial charge is 0.0140 e. The van der Waals surface area contributed by atoms with Gasteiger partial charge in [-0.25, -0.2) is 0 Å². The Hall–Kier alpha value is -0.300. The van der Waals surface area contributed by atoms with E-state index in [4.69, 9.17) is 0 Å². The van der Waals surface area contributed by atoms with Gasteiger partial charge in [0.1, 0.15) is 0 Å². The van der Waals surface area contributed by atoms with E-state index in [1.54, 1.807) is 15.3 Å². The molecular weight excluding hydrogens is 236 g/mol. The van der Waals surface area contributed by atoms with Gasteiger partial charge in [0.15, 0.2) is 0 Å². The summed E-state index contributed by atoms with van der Waals surface area (Å²) in [6, 6.07) is 2.52. The molecule has 1 heterocycles. The van der Waals surface area contributed by atoms with Crippen LogP contribution in [0.25, 0.3) is 0 Å². The Balaban J connectivity index is 2.19. The van der Waals surface area contributed by atoms with Gasteiger partial charge < -0.3 is 0 Å². The summed E-state index contributed by atoms with van der Waals surface area (Å²) in [6.45, 7) is 11.8. The SMILES string of the molecule is CCCCCC1CC(C)(C)c2sc(C(C)C)cc21. The predicted octanol–water partition coefficient (Wildman–Crippen LogP) is 6.22. The summed E-state index contributed by atoms with van der Waals surface area (Å²) in [5.41, 5.74) is 2.12. The molecule has 1 aromatic rings. The first-order valence-corrected chi connectivity index (χ1v) is 8.41. The molecule has 102 valence electrons. The first kappa shape index (κ1) is 14.1. The molecule has 18 heavy (non-hydrogen) atoms. The number of fused-ring (bicyclic) bond motifs is 1. The average molecular weight is 264 g/mol. The van der Waals surface area contributed by atoms with Gasteiger partial charge in [-0.2, -0.15) is 0 Å². The molecule has 1 atom stereocenters. The fourth-order valence-electron chi connectivity index (χ4n) is 3.26. The van der Waals surface area contributed by atoms with E-state index in [-0.39, 0.29) is 0 Å². The zero-order valence-electron chi connectivity index (χ0n) is 12.7. The summed E-state index contributed by atoms with van der Waals surface area (Å²) in [7, 11) is 0. The number of thiophene rings is 1. The molecule has 0 aromatic carbocycles. The molecule has 0 N–H and O–H groups in total. The number of unbranched alkanes of at least 4 members (excludes halogenated alkanes) is 2. The van der Waals surface area contributed by atoms with Crippen LogP contribution < -0.4 is 0 Å². The molecule has 0 amide bonds. The molecule has 0 radical (unpaired) electrons. The van der Waals surface area contributed by atoms with Gasteiger partial charge in [-0.15, -0.1) is 11.3 Å². The quantitative estimate of drug-likeness (QED) is 0.554. The standard InChI is InChI=1S/C17H28S/c1-6-7-8-9-13-11-17(4,5)16-14(13)10-15(18-16)12(2)3/h10,12-13H,6-9,11H2,1-5H3. The molecule has 0 fully saturated rings. The lowest BCUT2D eigenvalue weighted by molar-refractivity contribution is 0.452. The van der Waals surface area contributed by atoms with Crippen LogP contribution >= 0.6 is 11.3 Å². The molecule has 1 heteroatoms. The van der Waals surface area contributed by atoms with Crippen molar-refractivity contribution in [2.75, 3.05) is 0 Å². The Bertz CT molecular complexity index is 398. The van der Waals surface area contributed by atoms with E-state index in [9.17, 15) is 0 Å². The molecule has 0 nitrogen and oxygen atoms in total. The van der Waals surface area contributed by atoms with Crippen LogP contribution in [0.15, 0.2) is 6.07 Å². The van der Waals surface area contributed by atoms with Gasteiger partial charge >= 0.3 is 0 Å². The van der Waals surface area contributed by atoms with Crippen molar-refractivity contribution >= 4 is 11.3 Å². The Labute approximate surface area is 117 Å². The van der Waals surface area contributed by atoms with Crippen molar-refractivity contribution in [2.45, 2.75) is 84.0 Å². The van der Waals surface area contributed by atoms with Crippen LogP contribution in [0.2, 0.25) is 0 Å². The van der Waals surface area contributed by atoms with Gasteiger partial charge in [0.05, 0.1) is 0 Å². The third-order valence-electron chi connectivity index (χ3n) is 4.32. The Morgan fingerprint density at radius 2 is 2.06 bits per heavy atom. The van der Waals surface area contributed by atoms with Gasteiger partial charge in [-0.05, 0) is 41.7 Å².